The van der Waals surface area contributed by atoms with Gasteiger partial charge in [-0.25, -0.2) is 5.10 Å². The summed E-state index contributed by atoms with van der Waals surface area (Å²) in [5.74, 6) is -0.341. The van der Waals surface area contributed by atoms with Crippen LogP contribution in [0.2, 0.25) is 0 Å². The predicted molar refractivity (Wildman–Crippen MR) is 97.4 cm³/mol. The SMILES string of the molecule is O=C(NCc1cccc(COCc2ccccc2)c1)c1ccc(=O)[nH]n1. The molecule has 3 aromatic rings. The van der Waals surface area contributed by atoms with E-state index in [1.54, 1.807) is 0 Å². The molecule has 3 rings (SSSR count). The zero-order valence-electron chi connectivity index (χ0n) is 14.1. The molecule has 132 valence electrons. The molecule has 0 atom stereocenters. The number of aromatic amines is 1. The first-order chi connectivity index (χ1) is 12.7. The molecule has 1 amide bonds. The highest BCUT2D eigenvalue weighted by molar-refractivity contribution is 5.91. The van der Waals surface area contributed by atoms with Crippen LogP contribution in [0.15, 0.2) is 71.5 Å². The summed E-state index contributed by atoms with van der Waals surface area (Å²) in [5, 5.41) is 8.73. The van der Waals surface area contributed by atoms with Crippen molar-refractivity contribution in [1.82, 2.24) is 15.5 Å². The summed E-state index contributed by atoms with van der Waals surface area (Å²) < 4.78 is 5.74. The topological polar surface area (TPSA) is 84.1 Å². The summed E-state index contributed by atoms with van der Waals surface area (Å²) in [5.41, 5.74) is 2.96. The van der Waals surface area contributed by atoms with E-state index in [1.165, 1.54) is 12.1 Å². The molecular weight excluding hydrogens is 330 g/mol. The van der Waals surface area contributed by atoms with Crippen molar-refractivity contribution >= 4 is 5.91 Å². The molecule has 2 aromatic carbocycles. The van der Waals surface area contributed by atoms with Gasteiger partial charge in [0.15, 0.2) is 0 Å². The Morgan fingerprint density at radius 1 is 0.923 bits per heavy atom. The quantitative estimate of drug-likeness (QED) is 0.686. The number of amides is 1. The van der Waals surface area contributed by atoms with Crippen molar-refractivity contribution in [3.05, 3.63) is 99.5 Å². The number of H-pyrrole nitrogens is 1. The maximum absolute atomic E-state index is 12.0. The minimum atomic E-state index is -0.343. The lowest BCUT2D eigenvalue weighted by Crippen LogP contribution is -2.25. The van der Waals surface area contributed by atoms with Crippen molar-refractivity contribution in [3.8, 4) is 0 Å². The summed E-state index contributed by atoms with van der Waals surface area (Å²) in [7, 11) is 0. The molecule has 0 saturated carbocycles. The molecule has 0 bridgehead atoms. The van der Waals surface area contributed by atoms with E-state index in [1.807, 2.05) is 54.6 Å². The van der Waals surface area contributed by atoms with Gasteiger partial charge in [0.25, 0.3) is 11.5 Å². The first-order valence-electron chi connectivity index (χ1n) is 8.24. The van der Waals surface area contributed by atoms with Gasteiger partial charge in [-0.15, -0.1) is 0 Å². The highest BCUT2D eigenvalue weighted by atomic mass is 16.5. The van der Waals surface area contributed by atoms with Crippen LogP contribution in [-0.4, -0.2) is 16.1 Å². The van der Waals surface area contributed by atoms with Crippen molar-refractivity contribution < 1.29 is 9.53 Å². The minimum Gasteiger partial charge on any atom is -0.372 e. The number of aromatic nitrogens is 2. The van der Waals surface area contributed by atoms with E-state index in [9.17, 15) is 9.59 Å². The van der Waals surface area contributed by atoms with Crippen LogP contribution in [0.5, 0.6) is 0 Å². The van der Waals surface area contributed by atoms with Gasteiger partial charge in [-0.3, -0.25) is 9.59 Å². The summed E-state index contributed by atoms with van der Waals surface area (Å²) in [6.07, 6.45) is 0. The minimum absolute atomic E-state index is 0.173. The van der Waals surface area contributed by atoms with Crippen LogP contribution >= 0.6 is 0 Å². The summed E-state index contributed by atoms with van der Waals surface area (Å²) in [4.78, 5) is 23.0. The molecule has 0 aliphatic rings. The van der Waals surface area contributed by atoms with Crippen LogP contribution in [0.4, 0.5) is 0 Å². The lowest BCUT2D eigenvalue weighted by molar-refractivity contribution is 0.0944. The van der Waals surface area contributed by atoms with Crippen molar-refractivity contribution in [1.29, 1.82) is 0 Å². The van der Waals surface area contributed by atoms with E-state index in [4.69, 9.17) is 4.74 Å². The lowest BCUT2D eigenvalue weighted by atomic mass is 10.1. The number of ether oxygens (including phenoxy) is 1. The number of hydrogen-bond acceptors (Lipinski definition) is 4. The van der Waals surface area contributed by atoms with Gasteiger partial charge in [0.1, 0.15) is 5.69 Å². The largest absolute Gasteiger partial charge is 0.372 e. The maximum atomic E-state index is 12.0. The molecule has 0 unspecified atom stereocenters. The Labute approximate surface area is 150 Å². The number of carbonyl (C=O) groups excluding carboxylic acids is 1. The molecule has 1 aromatic heterocycles. The Balaban J connectivity index is 1.51. The molecule has 2 N–H and O–H groups in total. The van der Waals surface area contributed by atoms with Crippen LogP contribution < -0.4 is 10.9 Å². The molecule has 1 heterocycles. The fourth-order valence-electron chi connectivity index (χ4n) is 2.43. The second kappa shape index (κ2) is 8.73. The van der Waals surface area contributed by atoms with Gasteiger partial charge in [0.2, 0.25) is 0 Å². The zero-order valence-corrected chi connectivity index (χ0v) is 14.1. The first-order valence-corrected chi connectivity index (χ1v) is 8.24. The van der Waals surface area contributed by atoms with Crippen molar-refractivity contribution in [2.75, 3.05) is 0 Å². The second-order valence-corrected chi connectivity index (χ2v) is 5.79. The Bertz CT molecular complexity index is 902. The van der Waals surface area contributed by atoms with Gasteiger partial charge in [-0.05, 0) is 22.8 Å². The van der Waals surface area contributed by atoms with E-state index in [2.05, 4.69) is 15.5 Å². The van der Waals surface area contributed by atoms with Gasteiger partial charge >= 0.3 is 0 Å². The fraction of sp³-hybridized carbons (Fsp3) is 0.150. The molecular formula is C20H19N3O3. The average molecular weight is 349 g/mol. The second-order valence-electron chi connectivity index (χ2n) is 5.79. The number of rotatable bonds is 7. The third-order valence-electron chi connectivity index (χ3n) is 3.74. The molecule has 0 fully saturated rings. The molecule has 0 aliphatic carbocycles. The monoisotopic (exact) mass is 349 g/mol. The van der Waals surface area contributed by atoms with Crippen LogP contribution in [-0.2, 0) is 24.5 Å². The third kappa shape index (κ3) is 5.12. The standard InChI is InChI=1S/C20H19N3O3/c24-19-10-9-18(22-23-19)20(25)21-12-16-7-4-8-17(11-16)14-26-13-15-5-2-1-3-6-15/h1-11H,12-14H2,(H,21,25)(H,23,24). The summed E-state index contributed by atoms with van der Waals surface area (Å²) in [6.45, 7) is 1.42. The highest BCUT2D eigenvalue weighted by Gasteiger charge is 2.07. The molecule has 0 radical (unpaired) electrons. The Morgan fingerprint density at radius 2 is 1.65 bits per heavy atom. The Hall–Kier alpha value is -3.25. The summed E-state index contributed by atoms with van der Waals surface area (Å²) in [6, 6.07) is 20.5. The van der Waals surface area contributed by atoms with E-state index in [0.29, 0.717) is 19.8 Å². The molecule has 6 nitrogen and oxygen atoms in total. The van der Waals surface area contributed by atoms with Crippen LogP contribution in [0.25, 0.3) is 0 Å². The molecule has 6 heteroatoms. The average Bonchev–Trinajstić information content (AvgIpc) is 2.68. The number of carbonyl (C=O) groups is 1. The number of nitrogens with one attached hydrogen (secondary N) is 2. The highest BCUT2D eigenvalue weighted by Crippen LogP contribution is 2.09. The Kier molecular flexibility index (Phi) is 5.90. The van der Waals surface area contributed by atoms with Crippen LogP contribution in [0, 0.1) is 0 Å². The van der Waals surface area contributed by atoms with E-state index in [0.717, 1.165) is 16.7 Å². The van der Waals surface area contributed by atoms with Crippen LogP contribution in [0.3, 0.4) is 0 Å². The summed E-state index contributed by atoms with van der Waals surface area (Å²) >= 11 is 0. The van der Waals surface area contributed by atoms with Crippen molar-refractivity contribution in [3.63, 3.8) is 0 Å². The lowest BCUT2D eigenvalue weighted by Gasteiger charge is -2.08. The molecule has 0 spiro atoms. The van der Waals surface area contributed by atoms with Gasteiger partial charge < -0.3 is 10.1 Å². The number of benzene rings is 2. The van der Waals surface area contributed by atoms with Gasteiger partial charge in [-0.2, -0.15) is 5.10 Å². The molecule has 26 heavy (non-hydrogen) atoms. The van der Waals surface area contributed by atoms with Crippen molar-refractivity contribution in [2.24, 2.45) is 0 Å². The van der Waals surface area contributed by atoms with Gasteiger partial charge in [-0.1, -0.05) is 54.6 Å². The van der Waals surface area contributed by atoms with Crippen LogP contribution in [0.1, 0.15) is 27.2 Å². The smallest absolute Gasteiger partial charge is 0.271 e. The van der Waals surface area contributed by atoms with E-state index in [-0.39, 0.29) is 17.2 Å². The number of hydrogen-bond donors (Lipinski definition) is 2. The first kappa shape index (κ1) is 17.6. The fourth-order valence-corrected chi connectivity index (χ4v) is 2.43. The van der Waals surface area contributed by atoms with Crippen molar-refractivity contribution in [2.45, 2.75) is 19.8 Å². The normalized spacial score (nSPS) is 10.5. The maximum Gasteiger partial charge on any atom is 0.271 e. The third-order valence-corrected chi connectivity index (χ3v) is 3.74. The van der Waals surface area contributed by atoms with Gasteiger partial charge in [0.05, 0.1) is 13.2 Å². The zero-order chi connectivity index (χ0) is 18.2. The van der Waals surface area contributed by atoms with E-state index < -0.39 is 0 Å². The van der Waals surface area contributed by atoms with Gasteiger partial charge in [0, 0.05) is 12.6 Å². The predicted octanol–water partition coefficient (Wildman–Crippen LogP) is 2.42. The number of nitrogens with zero attached hydrogens (tertiary/aromatic N) is 1. The Morgan fingerprint density at radius 3 is 2.42 bits per heavy atom. The van der Waals surface area contributed by atoms with E-state index >= 15 is 0 Å². The molecule has 0 saturated heterocycles. The molecule has 0 aliphatic heterocycles.